The number of benzene rings is 4. The van der Waals surface area contributed by atoms with Gasteiger partial charge < -0.3 is 9.15 Å². The minimum absolute atomic E-state index is 0.293. The van der Waals surface area contributed by atoms with Crippen LogP contribution in [0.1, 0.15) is 16.7 Å². The Bertz CT molecular complexity index is 1940. The summed E-state index contributed by atoms with van der Waals surface area (Å²) in [5.74, 6) is 1.50. The molecule has 192 valence electrons. The lowest BCUT2D eigenvalue weighted by Crippen LogP contribution is -2.20. The van der Waals surface area contributed by atoms with Crippen LogP contribution in [0.2, 0.25) is 5.02 Å². The van der Waals surface area contributed by atoms with Crippen LogP contribution in [0, 0.1) is 10.5 Å². The average molecular weight is 646 g/mol. The van der Waals surface area contributed by atoms with Crippen LogP contribution in [0.3, 0.4) is 0 Å². The van der Waals surface area contributed by atoms with Crippen LogP contribution >= 0.6 is 34.2 Å². The molecule has 0 aliphatic heterocycles. The second kappa shape index (κ2) is 10.7. The standard InChI is InChI=1S/C31H21ClIN3O3/c1-19-5-4-6-21(13-19)18-38-28-11-9-20(14-25(28)33)17-34-36-30(35-26-8-3-2-7-24(26)31(36)37)29-16-22-15-23(32)10-12-27(22)39-29/h2-17H,18H2,1H3. The number of rotatable bonds is 6. The van der Waals surface area contributed by atoms with E-state index in [1.54, 1.807) is 42.6 Å². The molecule has 0 aliphatic rings. The molecule has 0 bridgehead atoms. The van der Waals surface area contributed by atoms with Crippen LogP contribution < -0.4 is 10.3 Å². The molecule has 0 fully saturated rings. The van der Waals surface area contributed by atoms with Gasteiger partial charge in [-0.3, -0.25) is 4.79 Å². The molecule has 39 heavy (non-hydrogen) atoms. The van der Waals surface area contributed by atoms with E-state index in [2.05, 4.69) is 46.7 Å². The average Bonchev–Trinajstić information content (AvgIpc) is 3.35. The number of fused-ring (bicyclic) bond motifs is 2. The van der Waals surface area contributed by atoms with Gasteiger partial charge in [0.15, 0.2) is 5.76 Å². The van der Waals surface area contributed by atoms with E-state index in [9.17, 15) is 4.79 Å². The summed E-state index contributed by atoms with van der Waals surface area (Å²) in [6.45, 7) is 2.54. The Balaban J connectivity index is 1.35. The predicted molar refractivity (Wildman–Crippen MR) is 164 cm³/mol. The molecule has 0 saturated carbocycles. The van der Waals surface area contributed by atoms with Crippen LogP contribution in [0.25, 0.3) is 33.5 Å². The van der Waals surface area contributed by atoms with Gasteiger partial charge in [0.25, 0.3) is 5.56 Å². The molecule has 0 unspecified atom stereocenters. The first-order valence-corrected chi connectivity index (χ1v) is 13.6. The summed E-state index contributed by atoms with van der Waals surface area (Å²) in [5.41, 5.74) is 4.03. The van der Waals surface area contributed by atoms with Gasteiger partial charge in [-0.25, -0.2) is 4.98 Å². The Kier molecular flexibility index (Phi) is 6.93. The van der Waals surface area contributed by atoms with Crippen molar-refractivity contribution >= 4 is 62.3 Å². The highest BCUT2D eigenvalue weighted by atomic mass is 127. The van der Waals surface area contributed by atoms with E-state index in [0.717, 1.165) is 25.8 Å². The largest absolute Gasteiger partial charge is 0.488 e. The third-order valence-electron chi connectivity index (χ3n) is 6.21. The van der Waals surface area contributed by atoms with Crippen molar-refractivity contribution in [2.45, 2.75) is 13.5 Å². The van der Waals surface area contributed by atoms with E-state index in [4.69, 9.17) is 25.7 Å². The molecule has 0 N–H and O–H groups in total. The van der Waals surface area contributed by atoms with Crippen molar-refractivity contribution in [3.63, 3.8) is 0 Å². The zero-order valence-corrected chi connectivity index (χ0v) is 23.7. The first kappa shape index (κ1) is 25.3. The lowest BCUT2D eigenvalue weighted by Gasteiger charge is -2.10. The van der Waals surface area contributed by atoms with Gasteiger partial charge in [-0.05, 0) is 95.2 Å². The maximum absolute atomic E-state index is 13.5. The van der Waals surface area contributed by atoms with Crippen molar-refractivity contribution in [1.82, 2.24) is 9.66 Å². The highest BCUT2D eigenvalue weighted by Crippen LogP contribution is 2.29. The molecule has 8 heteroatoms. The number of nitrogens with zero attached hydrogens (tertiary/aromatic N) is 3. The highest BCUT2D eigenvalue weighted by molar-refractivity contribution is 14.1. The van der Waals surface area contributed by atoms with Crippen molar-refractivity contribution in [1.29, 1.82) is 0 Å². The summed E-state index contributed by atoms with van der Waals surface area (Å²) >= 11 is 8.40. The smallest absolute Gasteiger partial charge is 0.282 e. The number of aryl methyl sites for hydroxylation is 1. The lowest BCUT2D eigenvalue weighted by atomic mass is 10.1. The summed E-state index contributed by atoms with van der Waals surface area (Å²) in [7, 11) is 0. The zero-order valence-electron chi connectivity index (χ0n) is 20.8. The molecule has 4 aromatic carbocycles. The molecule has 0 saturated heterocycles. The van der Waals surface area contributed by atoms with E-state index >= 15 is 0 Å². The minimum Gasteiger partial charge on any atom is -0.488 e. The second-order valence-corrected chi connectivity index (χ2v) is 10.7. The van der Waals surface area contributed by atoms with Crippen molar-refractivity contribution in [3.05, 3.63) is 127 Å². The number of hydrogen-bond acceptors (Lipinski definition) is 5. The topological polar surface area (TPSA) is 69.6 Å². The van der Waals surface area contributed by atoms with Crippen molar-refractivity contribution in [3.8, 4) is 17.3 Å². The Hall–Kier alpha value is -3.95. The third-order valence-corrected chi connectivity index (χ3v) is 7.29. The Morgan fingerprint density at radius 2 is 1.90 bits per heavy atom. The van der Waals surface area contributed by atoms with Crippen LogP contribution in [0.15, 0.2) is 105 Å². The number of hydrogen-bond donors (Lipinski definition) is 0. The summed E-state index contributed by atoms with van der Waals surface area (Å²) in [4.78, 5) is 18.2. The number of aromatic nitrogens is 2. The van der Waals surface area contributed by atoms with Crippen molar-refractivity contribution < 1.29 is 9.15 Å². The fourth-order valence-electron chi connectivity index (χ4n) is 4.32. The quantitative estimate of drug-likeness (QED) is 0.137. The summed E-state index contributed by atoms with van der Waals surface area (Å²) in [6.07, 6.45) is 1.63. The first-order chi connectivity index (χ1) is 18.9. The molecule has 2 aromatic heterocycles. The number of ether oxygens (including phenoxy) is 1. The van der Waals surface area contributed by atoms with Crippen LogP contribution in [0.5, 0.6) is 5.75 Å². The summed E-state index contributed by atoms with van der Waals surface area (Å²) in [6, 6.07) is 28.4. The van der Waals surface area contributed by atoms with Gasteiger partial charge >= 0.3 is 0 Å². The Labute approximate surface area is 242 Å². The zero-order chi connectivity index (χ0) is 26.9. The maximum Gasteiger partial charge on any atom is 0.282 e. The van der Waals surface area contributed by atoms with Gasteiger partial charge in [0.1, 0.15) is 17.9 Å². The van der Waals surface area contributed by atoms with Gasteiger partial charge in [-0.1, -0.05) is 53.6 Å². The second-order valence-electron chi connectivity index (χ2n) is 9.07. The van der Waals surface area contributed by atoms with E-state index in [1.165, 1.54) is 10.2 Å². The van der Waals surface area contributed by atoms with E-state index in [1.807, 2.05) is 42.5 Å². The molecule has 2 heterocycles. The minimum atomic E-state index is -0.293. The SMILES string of the molecule is Cc1cccc(COc2ccc(C=Nn3c(-c4cc5cc(Cl)ccc5o4)nc4ccccc4c3=O)cc2I)c1. The maximum atomic E-state index is 13.5. The molecule has 0 radical (unpaired) electrons. The van der Waals surface area contributed by atoms with E-state index in [-0.39, 0.29) is 5.56 Å². The van der Waals surface area contributed by atoms with Crippen LogP contribution in [-0.4, -0.2) is 15.9 Å². The summed E-state index contributed by atoms with van der Waals surface area (Å²) in [5, 5.41) is 6.42. The Morgan fingerprint density at radius 1 is 1.03 bits per heavy atom. The number of halogens is 2. The molecule has 0 spiro atoms. The molecule has 0 atom stereocenters. The van der Waals surface area contributed by atoms with E-state index < -0.39 is 0 Å². The predicted octanol–water partition coefficient (Wildman–Crippen LogP) is 7.84. The molecule has 6 aromatic rings. The van der Waals surface area contributed by atoms with E-state index in [0.29, 0.717) is 39.7 Å². The van der Waals surface area contributed by atoms with Crippen molar-refractivity contribution in [2.75, 3.05) is 0 Å². The summed E-state index contributed by atoms with van der Waals surface area (Å²) < 4.78 is 14.3. The van der Waals surface area contributed by atoms with Gasteiger partial charge in [0.05, 0.1) is 20.7 Å². The highest BCUT2D eigenvalue weighted by Gasteiger charge is 2.16. The van der Waals surface area contributed by atoms with Crippen molar-refractivity contribution in [2.24, 2.45) is 5.10 Å². The Morgan fingerprint density at radius 3 is 2.74 bits per heavy atom. The van der Waals surface area contributed by atoms with Gasteiger partial charge in [-0.2, -0.15) is 9.78 Å². The fourth-order valence-corrected chi connectivity index (χ4v) is 5.19. The third kappa shape index (κ3) is 5.32. The molecule has 0 aliphatic carbocycles. The monoisotopic (exact) mass is 645 g/mol. The molecular weight excluding hydrogens is 625 g/mol. The van der Waals surface area contributed by atoms with Gasteiger partial charge in [0, 0.05) is 10.4 Å². The molecular formula is C31H21ClIN3O3. The normalized spacial score (nSPS) is 11.6. The molecule has 6 rings (SSSR count). The number of para-hydroxylation sites is 1. The molecule has 6 nitrogen and oxygen atoms in total. The van der Waals surface area contributed by atoms with Gasteiger partial charge in [0.2, 0.25) is 5.82 Å². The lowest BCUT2D eigenvalue weighted by molar-refractivity contribution is 0.304. The molecule has 0 amide bonds. The van der Waals surface area contributed by atoms with Gasteiger partial charge in [-0.15, -0.1) is 0 Å². The fraction of sp³-hybridized carbons (Fsp3) is 0.0645. The van der Waals surface area contributed by atoms with Crippen LogP contribution in [0.4, 0.5) is 0 Å². The van der Waals surface area contributed by atoms with Crippen LogP contribution in [-0.2, 0) is 6.61 Å². The first-order valence-electron chi connectivity index (χ1n) is 12.2. The number of furan rings is 1.